The van der Waals surface area contributed by atoms with Gasteiger partial charge in [-0.3, -0.25) is 0 Å². The predicted molar refractivity (Wildman–Crippen MR) is 32.5 cm³/mol. The lowest BCUT2D eigenvalue weighted by Crippen LogP contribution is -1.97. The molecular weight excluding hydrogens is 179 g/mol. The molecule has 0 fully saturated rings. The van der Waals surface area contributed by atoms with E-state index in [-0.39, 0.29) is 12.2 Å². The molecule has 1 aliphatic rings. The number of alkyl halides is 1. The van der Waals surface area contributed by atoms with E-state index in [0.717, 1.165) is 0 Å². The van der Waals surface area contributed by atoms with Crippen LogP contribution in [0.4, 0.5) is 22.0 Å². The fraction of sp³-hybridized carbons (Fsp3) is 0.143. The van der Waals surface area contributed by atoms with Crippen molar-refractivity contribution in [1.29, 1.82) is 0 Å². The summed E-state index contributed by atoms with van der Waals surface area (Å²) >= 11 is 0. The molecule has 0 saturated heterocycles. The van der Waals surface area contributed by atoms with Crippen LogP contribution in [-0.2, 0) is 0 Å². The van der Waals surface area contributed by atoms with Gasteiger partial charge in [0.2, 0.25) is 0 Å². The van der Waals surface area contributed by atoms with Gasteiger partial charge >= 0.3 is 0 Å². The number of allylic oxidation sites excluding steroid dienone is 6. The molecule has 0 aromatic heterocycles. The van der Waals surface area contributed by atoms with Crippen molar-refractivity contribution in [1.82, 2.24) is 0 Å². The van der Waals surface area contributed by atoms with Crippen molar-refractivity contribution >= 4 is 0 Å². The minimum atomic E-state index is -2.56. The zero-order valence-electron chi connectivity index (χ0n) is 5.62. The van der Waals surface area contributed by atoms with Gasteiger partial charge in [-0.25, -0.2) is 22.0 Å². The van der Waals surface area contributed by atoms with E-state index >= 15 is 0 Å². The molecule has 0 amide bonds. The minimum absolute atomic E-state index is 0.0779. The lowest BCUT2D eigenvalue weighted by Gasteiger charge is -1.97. The second-order valence-corrected chi connectivity index (χ2v) is 2.11. The van der Waals surface area contributed by atoms with Crippen molar-refractivity contribution < 1.29 is 22.0 Å². The van der Waals surface area contributed by atoms with Crippen molar-refractivity contribution in [3.63, 3.8) is 0 Å². The van der Waals surface area contributed by atoms with Crippen LogP contribution in [0.15, 0.2) is 35.5 Å². The van der Waals surface area contributed by atoms with Gasteiger partial charge in [-0.2, -0.15) is 0 Å². The second kappa shape index (κ2) is 3.08. The molecule has 0 heterocycles. The first-order chi connectivity index (χ1) is 5.52. The summed E-state index contributed by atoms with van der Waals surface area (Å²) in [5.41, 5.74) is 0. The number of halogens is 5. The van der Waals surface area contributed by atoms with Crippen molar-refractivity contribution in [3.05, 3.63) is 35.5 Å². The Bertz CT molecular complexity index is 286. The Balaban J connectivity index is 3.17. The molecule has 5 heteroatoms. The summed E-state index contributed by atoms with van der Waals surface area (Å²) in [5.74, 6) is -7.04. The van der Waals surface area contributed by atoms with Gasteiger partial charge in [0, 0.05) is 6.08 Å². The highest BCUT2D eigenvalue weighted by Crippen LogP contribution is 2.28. The van der Waals surface area contributed by atoms with Crippen LogP contribution in [0.5, 0.6) is 0 Å². The summed E-state index contributed by atoms with van der Waals surface area (Å²) in [6.07, 6.45) is -2.34. The summed E-state index contributed by atoms with van der Waals surface area (Å²) in [6.45, 7) is 0. The monoisotopic (exact) mass is 182 g/mol. The largest absolute Gasteiger partial charge is 0.235 e. The van der Waals surface area contributed by atoms with Crippen molar-refractivity contribution in [3.8, 4) is 0 Å². The lowest BCUT2D eigenvalue weighted by molar-refractivity contribution is 0.357. The van der Waals surface area contributed by atoms with E-state index in [2.05, 4.69) is 0 Å². The molecule has 0 bridgehead atoms. The molecule has 12 heavy (non-hydrogen) atoms. The second-order valence-electron chi connectivity index (χ2n) is 2.11. The Morgan fingerprint density at radius 2 is 1.67 bits per heavy atom. The van der Waals surface area contributed by atoms with Crippen LogP contribution in [-0.4, -0.2) is 6.17 Å². The molecule has 0 aromatic carbocycles. The maximum absolute atomic E-state index is 12.3. The van der Waals surface area contributed by atoms with E-state index in [1.54, 1.807) is 0 Å². The van der Waals surface area contributed by atoms with Gasteiger partial charge in [0.15, 0.2) is 23.7 Å². The molecule has 0 aromatic rings. The molecule has 0 radical (unpaired) electrons. The van der Waals surface area contributed by atoms with Crippen molar-refractivity contribution in [2.24, 2.45) is 0 Å². The van der Waals surface area contributed by atoms with Gasteiger partial charge in [0.1, 0.15) is 5.83 Å². The SMILES string of the molecule is FC1=CC(F)C(F)=C(F)C(F)=C1. The first-order valence-corrected chi connectivity index (χ1v) is 2.96. The van der Waals surface area contributed by atoms with E-state index < -0.39 is 29.5 Å². The number of rotatable bonds is 0. The molecule has 0 N–H and O–H groups in total. The maximum atomic E-state index is 12.3. The molecule has 1 rings (SSSR count). The van der Waals surface area contributed by atoms with E-state index in [9.17, 15) is 22.0 Å². The fourth-order valence-corrected chi connectivity index (χ4v) is 0.681. The topological polar surface area (TPSA) is 0 Å². The lowest BCUT2D eigenvalue weighted by atomic mass is 10.3. The molecule has 0 spiro atoms. The molecule has 0 saturated carbocycles. The third kappa shape index (κ3) is 1.54. The molecule has 1 atom stereocenters. The average Bonchev–Trinajstić information content (AvgIpc) is 2.05. The fourth-order valence-electron chi connectivity index (χ4n) is 0.681. The Kier molecular flexibility index (Phi) is 2.30. The summed E-state index contributed by atoms with van der Waals surface area (Å²) < 4.78 is 61.4. The van der Waals surface area contributed by atoms with Crippen LogP contribution >= 0.6 is 0 Å². The molecular formula is C7H3F5. The van der Waals surface area contributed by atoms with Crippen LogP contribution in [0.1, 0.15) is 0 Å². The van der Waals surface area contributed by atoms with Crippen LogP contribution < -0.4 is 0 Å². The number of hydrogen-bond acceptors (Lipinski definition) is 0. The minimum Gasteiger partial charge on any atom is -0.235 e. The van der Waals surface area contributed by atoms with Crippen LogP contribution in [0.3, 0.4) is 0 Å². The van der Waals surface area contributed by atoms with Gasteiger partial charge in [0.05, 0.1) is 0 Å². The molecule has 0 nitrogen and oxygen atoms in total. The summed E-state index contributed by atoms with van der Waals surface area (Å²) in [5, 5.41) is 0. The highest BCUT2D eigenvalue weighted by atomic mass is 19.2. The number of hydrogen-bond donors (Lipinski definition) is 0. The molecule has 0 aliphatic heterocycles. The first kappa shape index (κ1) is 8.96. The first-order valence-electron chi connectivity index (χ1n) is 2.96. The Labute approximate surface area is 64.7 Å². The highest BCUT2D eigenvalue weighted by molar-refractivity contribution is 5.35. The van der Waals surface area contributed by atoms with E-state index in [4.69, 9.17) is 0 Å². The summed E-state index contributed by atoms with van der Waals surface area (Å²) in [7, 11) is 0. The highest BCUT2D eigenvalue weighted by Gasteiger charge is 2.23. The van der Waals surface area contributed by atoms with Gasteiger partial charge in [0.25, 0.3) is 0 Å². The van der Waals surface area contributed by atoms with E-state index in [1.807, 2.05) is 0 Å². The van der Waals surface area contributed by atoms with Gasteiger partial charge in [-0.05, 0) is 6.08 Å². The Morgan fingerprint density at radius 1 is 1.08 bits per heavy atom. The van der Waals surface area contributed by atoms with Crippen LogP contribution in [0.2, 0.25) is 0 Å². The van der Waals surface area contributed by atoms with E-state index in [1.165, 1.54) is 0 Å². The smallest absolute Gasteiger partial charge is 0.193 e. The van der Waals surface area contributed by atoms with Crippen LogP contribution in [0, 0.1) is 0 Å². The van der Waals surface area contributed by atoms with E-state index in [0.29, 0.717) is 0 Å². The zero-order chi connectivity index (χ0) is 9.30. The Hall–Kier alpha value is -1.13. The predicted octanol–water partition coefficient (Wildman–Crippen LogP) is 3.20. The maximum Gasteiger partial charge on any atom is 0.193 e. The molecule has 66 valence electrons. The quantitative estimate of drug-likeness (QED) is 0.504. The van der Waals surface area contributed by atoms with Crippen molar-refractivity contribution in [2.75, 3.05) is 0 Å². The third-order valence-electron chi connectivity index (χ3n) is 1.23. The normalized spacial score (nSPS) is 24.9. The van der Waals surface area contributed by atoms with Gasteiger partial charge in [-0.15, -0.1) is 0 Å². The Morgan fingerprint density at radius 3 is 2.25 bits per heavy atom. The van der Waals surface area contributed by atoms with Gasteiger partial charge in [-0.1, -0.05) is 0 Å². The third-order valence-corrected chi connectivity index (χ3v) is 1.23. The standard InChI is InChI=1S/C7H3F5/c8-3-1-4(9)6(11)7(12)5(10)2-3/h1-2,4H. The summed E-state index contributed by atoms with van der Waals surface area (Å²) in [6, 6.07) is 0. The summed E-state index contributed by atoms with van der Waals surface area (Å²) in [4.78, 5) is 0. The zero-order valence-corrected chi connectivity index (χ0v) is 5.62. The van der Waals surface area contributed by atoms with Gasteiger partial charge < -0.3 is 0 Å². The molecule has 1 aliphatic carbocycles. The molecule has 1 unspecified atom stereocenters. The average molecular weight is 182 g/mol. The van der Waals surface area contributed by atoms with Crippen molar-refractivity contribution in [2.45, 2.75) is 6.17 Å². The van der Waals surface area contributed by atoms with Crippen LogP contribution in [0.25, 0.3) is 0 Å².